The molecule has 4 rings (SSSR count). The van der Waals surface area contributed by atoms with Gasteiger partial charge in [0.15, 0.2) is 0 Å². The van der Waals surface area contributed by atoms with Crippen LogP contribution in [0.15, 0.2) is 78.5 Å². The van der Waals surface area contributed by atoms with Crippen LogP contribution in [-0.2, 0) is 16.2 Å². The molecule has 0 unspecified atom stereocenters. The zero-order chi connectivity index (χ0) is 24.1. The number of amides is 4. The Morgan fingerprint density at radius 2 is 1.71 bits per heavy atom. The van der Waals surface area contributed by atoms with Crippen LogP contribution in [0.5, 0.6) is 5.75 Å². The predicted octanol–water partition coefficient (Wildman–Crippen LogP) is 4.41. The monoisotopic (exact) mass is 455 g/mol. The van der Waals surface area contributed by atoms with Gasteiger partial charge >= 0.3 is 6.03 Å². The largest absolute Gasteiger partial charge is 0.489 e. The highest BCUT2D eigenvalue weighted by Gasteiger charge is 2.34. The zero-order valence-corrected chi connectivity index (χ0v) is 19.0. The molecule has 1 saturated heterocycles. The van der Waals surface area contributed by atoms with E-state index in [2.05, 4.69) is 10.6 Å². The molecule has 7 heteroatoms. The van der Waals surface area contributed by atoms with Crippen LogP contribution < -0.4 is 15.4 Å². The average Bonchev–Trinajstić information content (AvgIpc) is 3.07. The maximum absolute atomic E-state index is 12.7. The van der Waals surface area contributed by atoms with Crippen LogP contribution in [0.4, 0.5) is 10.5 Å². The third-order valence-corrected chi connectivity index (χ3v) is 5.28. The third kappa shape index (κ3) is 5.69. The van der Waals surface area contributed by atoms with Gasteiger partial charge in [0.05, 0.1) is 0 Å². The number of ether oxygens (including phenoxy) is 1. The van der Waals surface area contributed by atoms with Gasteiger partial charge in [-0.2, -0.15) is 0 Å². The number of aryl methyl sites for hydroxylation is 2. The molecule has 4 amide bonds. The normalized spacial score (nSPS) is 14.3. The molecule has 0 radical (unpaired) electrons. The van der Waals surface area contributed by atoms with Crippen LogP contribution in [0.2, 0.25) is 0 Å². The number of carbonyl (C=O) groups is 3. The van der Waals surface area contributed by atoms with Crippen molar-refractivity contribution in [1.82, 2.24) is 10.2 Å². The van der Waals surface area contributed by atoms with Gasteiger partial charge in [-0.25, -0.2) is 9.69 Å². The highest BCUT2D eigenvalue weighted by Crippen LogP contribution is 2.19. The Morgan fingerprint density at radius 1 is 0.971 bits per heavy atom. The van der Waals surface area contributed by atoms with E-state index in [1.165, 1.54) is 5.56 Å². The first-order valence-corrected chi connectivity index (χ1v) is 10.9. The summed E-state index contributed by atoms with van der Waals surface area (Å²) >= 11 is 0. The van der Waals surface area contributed by atoms with Gasteiger partial charge in [-0.3, -0.25) is 9.59 Å². The van der Waals surface area contributed by atoms with Crippen LogP contribution in [0.3, 0.4) is 0 Å². The van der Waals surface area contributed by atoms with Crippen molar-refractivity contribution in [2.75, 3.05) is 11.9 Å². The SMILES string of the molecule is Cc1ccc(COc2ccc(/C=C3/NC(=O)N(CC(=O)Nc4cccc(C)c4)C3=O)cc2)cc1. The lowest BCUT2D eigenvalue weighted by molar-refractivity contribution is -0.127. The highest BCUT2D eigenvalue weighted by molar-refractivity contribution is 6.15. The van der Waals surface area contributed by atoms with Gasteiger partial charge in [0.2, 0.25) is 5.91 Å². The number of urea groups is 1. The number of imide groups is 1. The summed E-state index contributed by atoms with van der Waals surface area (Å²) < 4.78 is 5.80. The summed E-state index contributed by atoms with van der Waals surface area (Å²) in [6.07, 6.45) is 1.57. The number of benzene rings is 3. The summed E-state index contributed by atoms with van der Waals surface area (Å²) in [6, 6.07) is 22.0. The average molecular weight is 456 g/mol. The minimum absolute atomic E-state index is 0.113. The van der Waals surface area contributed by atoms with Crippen LogP contribution in [0.1, 0.15) is 22.3 Å². The molecule has 0 bridgehead atoms. The summed E-state index contributed by atoms with van der Waals surface area (Å²) in [5, 5.41) is 5.24. The zero-order valence-electron chi connectivity index (χ0n) is 19.0. The second-order valence-electron chi connectivity index (χ2n) is 8.14. The van der Waals surface area contributed by atoms with Crippen molar-refractivity contribution < 1.29 is 19.1 Å². The van der Waals surface area contributed by atoms with Crippen molar-refractivity contribution in [3.05, 3.63) is 101 Å². The minimum Gasteiger partial charge on any atom is -0.489 e. The third-order valence-electron chi connectivity index (χ3n) is 5.28. The molecule has 0 aromatic heterocycles. The fourth-order valence-corrected chi connectivity index (χ4v) is 3.46. The first kappa shape index (κ1) is 22.8. The molecule has 1 aliphatic heterocycles. The van der Waals surface area contributed by atoms with Crippen molar-refractivity contribution in [1.29, 1.82) is 0 Å². The lowest BCUT2D eigenvalue weighted by Gasteiger charge is -2.12. The van der Waals surface area contributed by atoms with E-state index >= 15 is 0 Å². The molecule has 1 fully saturated rings. The summed E-state index contributed by atoms with van der Waals surface area (Å²) in [5.41, 5.74) is 4.70. The number of hydrogen-bond acceptors (Lipinski definition) is 4. The Hall–Kier alpha value is -4.39. The molecule has 3 aromatic rings. The lowest BCUT2D eigenvalue weighted by Crippen LogP contribution is -2.38. The van der Waals surface area contributed by atoms with E-state index in [9.17, 15) is 14.4 Å². The van der Waals surface area contributed by atoms with E-state index in [1.54, 1.807) is 36.4 Å². The van der Waals surface area contributed by atoms with E-state index in [0.29, 0.717) is 18.0 Å². The van der Waals surface area contributed by atoms with Crippen molar-refractivity contribution >= 4 is 29.6 Å². The number of nitrogens with zero attached hydrogens (tertiary/aromatic N) is 1. The van der Waals surface area contributed by atoms with Gasteiger partial charge in [-0.15, -0.1) is 0 Å². The van der Waals surface area contributed by atoms with Crippen LogP contribution in [0.25, 0.3) is 6.08 Å². The Morgan fingerprint density at radius 3 is 2.41 bits per heavy atom. The standard InChI is InChI=1S/C27H25N3O4/c1-18-6-8-21(9-7-18)17-34-23-12-10-20(11-13-23)15-24-26(32)30(27(33)29-24)16-25(31)28-22-5-3-4-19(2)14-22/h3-15H,16-17H2,1-2H3,(H,28,31)(H,29,33)/b24-15+. The molecular formula is C27H25N3O4. The topological polar surface area (TPSA) is 87.7 Å². The molecule has 0 atom stereocenters. The summed E-state index contributed by atoms with van der Waals surface area (Å²) in [4.78, 5) is 38.2. The van der Waals surface area contributed by atoms with E-state index in [0.717, 1.165) is 21.6 Å². The van der Waals surface area contributed by atoms with Crippen molar-refractivity contribution in [3.8, 4) is 5.75 Å². The molecule has 2 N–H and O–H groups in total. The van der Waals surface area contributed by atoms with Crippen LogP contribution in [-0.4, -0.2) is 29.3 Å². The smallest absolute Gasteiger partial charge is 0.329 e. The van der Waals surface area contributed by atoms with Crippen molar-refractivity contribution in [2.24, 2.45) is 0 Å². The van der Waals surface area contributed by atoms with E-state index in [-0.39, 0.29) is 12.2 Å². The van der Waals surface area contributed by atoms with Crippen LogP contribution in [0, 0.1) is 13.8 Å². The number of rotatable bonds is 7. The van der Waals surface area contributed by atoms with E-state index < -0.39 is 17.8 Å². The summed E-state index contributed by atoms with van der Waals surface area (Å²) in [5.74, 6) is -0.312. The minimum atomic E-state index is -0.631. The molecule has 0 spiro atoms. The van der Waals surface area contributed by atoms with Gasteiger partial charge < -0.3 is 15.4 Å². The van der Waals surface area contributed by atoms with Gasteiger partial charge in [0, 0.05) is 5.69 Å². The molecule has 172 valence electrons. The Bertz CT molecular complexity index is 1250. The molecule has 0 saturated carbocycles. The molecule has 1 aliphatic rings. The van der Waals surface area contributed by atoms with Gasteiger partial charge in [-0.1, -0.05) is 54.1 Å². The van der Waals surface area contributed by atoms with Gasteiger partial charge in [-0.05, 0) is 60.9 Å². The molecule has 1 heterocycles. The summed E-state index contributed by atoms with van der Waals surface area (Å²) in [7, 11) is 0. The second kappa shape index (κ2) is 10.0. The van der Waals surface area contributed by atoms with E-state index in [1.807, 2.05) is 56.3 Å². The maximum atomic E-state index is 12.7. The molecule has 7 nitrogen and oxygen atoms in total. The maximum Gasteiger partial charge on any atom is 0.329 e. The number of anilines is 1. The number of hydrogen-bond donors (Lipinski definition) is 2. The first-order valence-electron chi connectivity index (χ1n) is 10.9. The molecule has 3 aromatic carbocycles. The first-order chi connectivity index (χ1) is 16.4. The van der Waals surface area contributed by atoms with E-state index in [4.69, 9.17) is 4.74 Å². The van der Waals surface area contributed by atoms with Gasteiger partial charge in [0.25, 0.3) is 5.91 Å². The fraction of sp³-hybridized carbons (Fsp3) is 0.148. The van der Waals surface area contributed by atoms with Crippen LogP contribution >= 0.6 is 0 Å². The molecule has 0 aliphatic carbocycles. The lowest BCUT2D eigenvalue weighted by atomic mass is 10.1. The fourth-order valence-electron chi connectivity index (χ4n) is 3.46. The number of carbonyl (C=O) groups excluding carboxylic acids is 3. The Kier molecular flexibility index (Phi) is 6.73. The Balaban J connectivity index is 1.35. The highest BCUT2D eigenvalue weighted by atomic mass is 16.5. The Labute approximate surface area is 198 Å². The quantitative estimate of drug-likeness (QED) is 0.408. The summed E-state index contributed by atoms with van der Waals surface area (Å²) in [6.45, 7) is 4.03. The molecule has 34 heavy (non-hydrogen) atoms. The number of nitrogens with one attached hydrogen (secondary N) is 2. The van der Waals surface area contributed by atoms with Crippen molar-refractivity contribution in [2.45, 2.75) is 20.5 Å². The second-order valence-corrected chi connectivity index (χ2v) is 8.14. The van der Waals surface area contributed by atoms with Crippen molar-refractivity contribution in [3.63, 3.8) is 0 Å². The molecular weight excluding hydrogens is 430 g/mol. The van der Waals surface area contributed by atoms with Gasteiger partial charge in [0.1, 0.15) is 24.6 Å². The predicted molar refractivity (Wildman–Crippen MR) is 130 cm³/mol.